The topological polar surface area (TPSA) is 124 Å². The Hall–Kier alpha value is -8.50. The number of nitrogens with one attached hydrogen (secondary N) is 2. The van der Waals surface area contributed by atoms with Crippen LogP contribution in [0, 0.1) is 5.92 Å². The van der Waals surface area contributed by atoms with Gasteiger partial charge in [-0.2, -0.15) is 0 Å². The fourth-order valence-electron chi connectivity index (χ4n) is 11.0. The minimum absolute atomic E-state index is 0.136. The summed E-state index contributed by atoms with van der Waals surface area (Å²) in [6.07, 6.45) is -0.573. The number of thioether (sulfide) groups is 1. The van der Waals surface area contributed by atoms with Crippen LogP contribution in [0.1, 0.15) is 56.3 Å². The molecular weight excluding hydrogens is 1070 g/mol. The van der Waals surface area contributed by atoms with Crippen LogP contribution < -0.4 is 10.6 Å². The highest BCUT2D eigenvalue weighted by Gasteiger charge is 2.55. The van der Waals surface area contributed by atoms with Crippen molar-refractivity contribution >= 4 is 63.0 Å². The lowest BCUT2D eigenvalue weighted by Gasteiger charge is -2.51. The summed E-state index contributed by atoms with van der Waals surface area (Å²) in [7, 11) is 0. The third-order valence-electron chi connectivity index (χ3n) is 14.9. The SMILES string of the molecule is O=C(NC1C(=O)N2C(C(=S)OC(c3ccccc3)c3ccccc3)=C(C3COCOC3)CS[C@H]12)/C(=N\OC(c1ccccc1)(c1ccccc1)c1ccccc1)c1csc(NC(c2ccccc2)(c2ccccc2)c2ccccc2)n1. The van der Waals surface area contributed by atoms with Gasteiger partial charge in [0, 0.05) is 33.7 Å². The van der Waals surface area contributed by atoms with Crippen LogP contribution in [-0.4, -0.2) is 69.6 Å². The summed E-state index contributed by atoms with van der Waals surface area (Å²) in [5, 5.41) is 13.8. The molecular formula is C67H55N5O6S3. The third-order valence-corrected chi connectivity index (χ3v) is 17.2. The Morgan fingerprint density at radius 1 is 0.630 bits per heavy atom. The number of ether oxygens (including phenoxy) is 3. The van der Waals surface area contributed by atoms with E-state index in [9.17, 15) is 0 Å². The highest BCUT2D eigenvalue weighted by Crippen LogP contribution is 2.46. The van der Waals surface area contributed by atoms with Crippen molar-refractivity contribution in [2.45, 2.75) is 28.7 Å². The normalized spacial score (nSPS) is 16.7. The second-order valence-corrected chi connectivity index (χ2v) is 22.1. The van der Waals surface area contributed by atoms with E-state index in [1.807, 2.05) is 206 Å². The largest absolute Gasteiger partial charge is 0.469 e. The number of nitrogens with zero attached hydrogens (tertiary/aromatic N) is 3. The minimum atomic E-state index is -1.35. The second-order valence-electron chi connectivity index (χ2n) is 19.7. The molecule has 402 valence electrons. The van der Waals surface area contributed by atoms with Gasteiger partial charge in [0.05, 0.1) is 18.9 Å². The van der Waals surface area contributed by atoms with E-state index in [-0.39, 0.29) is 35.1 Å². The number of amides is 2. The van der Waals surface area contributed by atoms with Gasteiger partial charge in [0.25, 0.3) is 11.8 Å². The predicted molar refractivity (Wildman–Crippen MR) is 322 cm³/mol. The van der Waals surface area contributed by atoms with Crippen molar-refractivity contribution in [1.82, 2.24) is 15.2 Å². The fraction of sp³-hybridized carbons (Fsp3) is 0.149. The molecule has 1 unspecified atom stereocenters. The first-order chi connectivity index (χ1) is 39.9. The van der Waals surface area contributed by atoms with Crippen molar-refractivity contribution < 1.29 is 28.6 Å². The van der Waals surface area contributed by atoms with Gasteiger partial charge in [-0.25, -0.2) is 4.98 Å². The molecule has 2 amide bonds. The number of hydrogen-bond donors (Lipinski definition) is 2. The molecule has 0 aliphatic carbocycles. The molecule has 14 heteroatoms. The molecule has 8 aromatic carbocycles. The van der Waals surface area contributed by atoms with E-state index in [2.05, 4.69) is 47.0 Å². The number of carbonyl (C=O) groups excluding carboxylic acids is 2. The van der Waals surface area contributed by atoms with Crippen LogP contribution in [0.4, 0.5) is 5.13 Å². The molecule has 9 aromatic rings. The van der Waals surface area contributed by atoms with E-state index in [1.165, 1.54) is 23.1 Å². The molecule has 3 aliphatic rings. The number of fused-ring (bicyclic) bond motifs is 1. The van der Waals surface area contributed by atoms with Gasteiger partial charge < -0.3 is 29.7 Å². The molecule has 3 aliphatic heterocycles. The Morgan fingerprint density at radius 2 is 1.06 bits per heavy atom. The van der Waals surface area contributed by atoms with Gasteiger partial charge in [0.2, 0.25) is 10.7 Å². The minimum Gasteiger partial charge on any atom is -0.469 e. The number of thiazole rings is 1. The molecule has 4 heterocycles. The fourth-order valence-corrected chi connectivity index (χ4v) is 13.5. The molecule has 1 aromatic heterocycles. The summed E-state index contributed by atoms with van der Waals surface area (Å²) in [4.78, 5) is 44.6. The van der Waals surface area contributed by atoms with Gasteiger partial charge in [-0.1, -0.05) is 248 Å². The maximum atomic E-state index is 15.6. The molecule has 0 spiro atoms. The van der Waals surface area contributed by atoms with Crippen molar-refractivity contribution in [2.24, 2.45) is 11.1 Å². The number of aromatic nitrogens is 1. The first-order valence-electron chi connectivity index (χ1n) is 26.7. The molecule has 0 saturated carbocycles. The van der Waals surface area contributed by atoms with Gasteiger partial charge in [0.15, 0.2) is 10.8 Å². The number of rotatable bonds is 18. The molecule has 81 heavy (non-hydrogen) atoms. The Morgan fingerprint density at radius 3 is 1.52 bits per heavy atom. The van der Waals surface area contributed by atoms with Gasteiger partial charge in [0.1, 0.15) is 35.5 Å². The van der Waals surface area contributed by atoms with Crippen LogP contribution in [0.25, 0.3) is 0 Å². The maximum Gasteiger partial charge on any atom is 0.276 e. The smallest absolute Gasteiger partial charge is 0.276 e. The van der Waals surface area contributed by atoms with Crippen molar-refractivity contribution in [3.63, 3.8) is 0 Å². The molecule has 12 rings (SSSR count). The first-order valence-corrected chi connectivity index (χ1v) is 29.0. The summed E-state index contributed by atoms with van der Waals surface area (Å²) in [5.41, 5.74) is 6.25. The molecule has 2 saturated heterocycles. The Kier molecular flexibility index (Phi) is 15.8. The number of β-lactam (4-membered cyclic amide) rings is 1. The Labute approximate surface area is 484 Å². The first kappa shape index (κ1) is 53.2. The highest BCUT2D eigenvalue weighted by molar-refractivity contribution is 8.00. The van der Waals surface area contributed by atoms with E-state index < -0.39 is 34.6 Å². The molecule has 2 atom stereocenters. The second kappa shape index (κ2) is 24.1. The summed E-state index contributed by atoms with van der Waals surface area (Å²) in [6.45, 7) is 0.955. The van der Waals surface area contributed by atoms with Crippen molar-refractivity contribution in [1.29, 1.82) is 0 Å². The standard InChI is InChI=1S/C67H55N5O6S3/c73-61(69-58-62(74)72-59(55(43-80-63(58)72)48-41-75-45-76-42-48)64(79)77-60(46-25-9-1-10-26-46)47-27-11-2-12-28-47)57(71-78-67(52-35-19-6-20-36-52,53-37-21-7-22-38-53)54-39-23-8-24-40-54)56-44-81-65(68-56)70-66(49-29-13-3-14-30-49,50-31-15-4-16-32-50)51-33-17-5-18-34-51/h1-40,44,48,58,60,63H,41-43,45H2,(H,68,70)(H,69,73)/b71-57-/t58?,63-/m1/s1. The lowest BCUT2D eigenvalue weighted by molar-refractivity contribution is -0.145. The maximum absolute atomic E-state index is 15.6. The number of carbonyl (C=O) groups is 2. The molecule has 2 fully saturated rings. The number of oxime groups is 1. The van der Waals surface area contributed by atoms with Crippen LogP contribution in [0.2, 0.25) is 0 Å². The van der Waals surface area contributed by atoms with E-state index in [0.717, 1.165) is 50.1 Å². The van der Waals surface area contributed by atoms with Crippen LogP contribution >= 0.6 is 35.3 Å². The zero-order valence-corrected chi connectivity index (χ0v) is 46.3. The van der Waals surface area contributed by atoms with Gasteiger partial charge in [-0.15, -0.1) is 23.1 Å². The number of thiocarbonyl (C=S) groups is 1. The van der Waals surface area contributed by atoms with Gasteiger partial charge >= 0.3 is 0 Å². The van der Waals surface area contributed by atoms with Crippen molar-refractivity contribution in [3.8, 4) is 0 Å². The quantitative estimate of drug-likeness (QED) is 0.0282. The summed E-state index contributed by atoms with van der Waals surface area (Å²) in [6, 6.07) is 78.9. The molecule has 2 N–H and O–H groups in total. The van der Waals surface area contributed by atoms with Gasteiger partial charge in [-0.05, 0) is 45.6 Å². The lowest BCUT2D eigenvalue weighted by atomic mass is 9.77. The molecule has 0 radical (unpaired) electrons. The third kappa shape index (κ3) is 10.6. The van der Waals surface area contributed by atoms with Crippen molar-refractivity contribution in [2.75, 3.05) is 31.1 Å². The average Bonchev–Trinajstić information content (AvgIpc) is 4.15. The molecule has 11 nitrogen and oxygen atoms in total. The Balaban J connectivity index is 0.936. The van der Waals surface area contributed by atoms with E-state index >= 15 is 9.59 Å². The summed E-state index contributed by atoms with van der Waals surface area (Å²) >= 11 is 9.13. The summed E-state index contributed by atoms with van der Waals surface area (Å²) < 4.78 is 18.5. The number of anilines is 1. The van der Waals surface area contributed by atoms with Crippen LogP contribution in [-0.2, 0) is 39.8 Å². The van der Waals surface area contributed by atoms with Crippen LogP contribution in [0.3, 0.4) is 0 Å². The highest BCUT2D eigenvalue weighted by atomic mass is 32.2. The number of benzene rings is 8. The summed E-state index contributed by atoms with van der Waals surface area (Å²) in [5.74, 6) is -0.738. The Bertz CT molecular complexity index is 3440. The van der Waals surface area contributed by atoms with Gasteiger partial charge in [-0.3, -0.25) is 14.5 Å². The van der Waals surface area contributed by atoms with Crippen molar-refractivity contribution in [3.05, 3.63) is 310 Å². The average molecular weight is 1120 g/mol. The van der Waals surface area contributed by atoms with E-state index in [1.54, 1.807) is 10.3 Å². The van der Waals surface area contributed by atoms with E-state index in [4.69, 9.17) is 41.4 Å². The molecule has 0 bridgehead atoms. The monoisotopic (exact) mass is 1120 g/mol. The lowest BCUT2D eigenvalue weighted by Crippen LogP contribution is -2.71. The zero-order valence-electron chi connectivity index (χ0n) is 43.8. The zero-order chi connectivity index (χ0) is 55.0. The predicted octanol–water partition coefficient (Wildman–Crippen LogP) is 12.7. The van der Waals surface area contributed by atoms with E-state index in [0.29, 0.717) is 29.8 Å². The van der Waals surface area contributed by atoms with Crippen LogP contribution in [0.5, 0.6) is 0 Å². The number of hydrogen-bond acceptors (Lipinski definition) is 12. The van der Waals surface area contributed by atoms with Crippen LogP contribution in [0.15, 0.2) is 264 Å².